The maximum atomic E-state index is 5.72. The first kappa shape index (κ1) is 14.0. The molecule has 1 aliphatic heterocycles. The Balaban J connectivity index is 1.83. The van der Waals surface area contributed by atoms with E-state index in [-0.39, 0.29) is 12.0 Å². The largest absolute Gasteiger partial charge is 0.422 e. The molecule has 1 saturated heterocycles. The van der Waals surface area contributed by atoms with Crippen LogP contribution in [0, 0.1) is 0 Å². The molecule has 0 atom stereocenters. The Labute approximate surface area is 129 Å². The van der Waals surface area contributed by atoms with E-state index in [0.29, 0.717) is 38.0 Å². The Morgan fingerprint density at radius 2 is 2.00 bits per heavy atom. The van der Waals surface area contributed by atoms with E-state index in [1.165, 1.54) is 0 Å². The van der Waals surface area contributed by atoms with Crippen molar-refractivity contribution in [3.05, 3.63) is 22.9 Å². The minimum atomic E-state index is 0.115. The fourth-order valence-corrected chi connectivity index (χ4v) is 2.21. The average Bonchev–Trinajstić information content (AvgIpc) is 2.47. The molecule has 0 spiro atoms. The van der Waals surface area contributed by atoms with E-state index in [4.69, 9.17) is 15.2 Å². The van der Waals surface area contributed by atoms with E-state index in [0.717, 1.165) is 4.47 Å². The van der Waals surface area contributed by atoms with Crippen molar-refractivity contribution in [1.29, 1.82) is 0 Å². The lowest BCUT2D eigenvalue weighted by Crippen LogP contribution is -2.37. The predicted molar refractivity (Wildman–Crippen MR) is 79.3 cm³/mol. The van der Waals surface area contributed by atoms with Crippen LogP contribution in [0.25, 0.3) is 0 Å². The topological polar surface area (TPSA) is 99.3 Å². The summed E-state index contributed by atoms with van der Waals surface area (Å²) in [5.41, 5.74) is 5.72. The number of nitrogen functional groups attached to an aromatic ring is 1. The Morgan fingerprint density at radius 1 is 1.19 bits per heavy atom. The van der Waals surface area contributed by atoms with Gasteiger partial charge in [0.05, 0.1) is 19.4 Å². The smallest absolute Gasteiger partial charge is 0.328 e. The highest BCUT2D eigenvalue weighted by Crippen LogP contribution is 2.22. The lowest BCUT2D eigenvalue weighted by Gasteiger charge is -2.26. The Hall–Kier alpha value is -2.00. The maximum Gasteiger partial charge on any atom is 0.328 e. The third kappa shape index (κ3) is 3.56. The summed E-state index contributed by atoms with van der Waals surface area (Å²) in [6, 6.07) is 1.91. The molecular weight excluding hydrogens is 340 g/mol. The molecule has 1 fully saturated rings. The van der Waals surface area contributed by atoms with Crippen molar-refractivity contribution in [3.8, 4) is 11.8 Å². The molecular formula is C12H13BrN6O2. The maximum absolute atomic E-state index is 5.72. The molecule has 0 aromatic carbocycles. The standard InChI is InChI=1S/C12H13BrN6O2/c13-8-5-9(7-15-6-8)21-12-17-10(14)16-11(18-12)19-1-3-20-4-2-19/h5-7H,1-4H2,(H2,14,16,17,18). The second kappa shape index (κ2) is 6.19. The van der Waals surface area contributed by atoms with Crippen molar-refractivity contribution in [2.45, 2.75) is 0 Å². The van der Waals surface area contributed by atoms with Crippen molar-refractivity contribution < 1.29 is 9.47 Å². The number of nitrogens with two attached hydrogens (primary N) is 1. The van der Waals surface area contributed by atoms with Gasteiger partial charge in [0.25, 0.3) is 0 Å². The van der Waals surface area contributed by atoms with Gasteiger partial charge in [-0.3, -0.25) is 4.98 Å². The molecule has 0 saturated carbocycles. The molecule has 0 radical (unpaired) electrons. The number of aromatic nitrogens is 4. The lowest BCUT2D eigenvalue weighted by molar-refractivity contribution is 0.122. The van der Waals surface area contributed by atoms with Gasteiger partial charge in [-0.05, 0) is 22.0 Å². The SMILES string of the molecule is Nc1nc(Oc2cncc(Br)c2)nc(N2CCOCC2)n1. The fourth-order valence-electron chi connectivity index (χ4n) is 1.87. The minimum absolute atomic E-state index is 0.115. The highest BCUT2D eigenvalue weighted by Gasteiger charge is 2.16. The van der Waals surface area contributed by atoms with Crippen LogP contribution in [0.1, 0.15) is 0 Å². The predicted octanol–water partition coefficient (Wildman–Crippen LogP) is 1.24. The highest BCUT2D eigenvalue weighted by atomic mass is 79.9. The molecule has 0 amide bonds. The van der Waals surface area contributed by atoms with Crippen molar-refractivity contribution in [3.63, 3.8) is 0 Å². The van der Waals surface area contributed by atoms with Gasteiger partial charge in [-0.25, -0.2) is 0 Å². The Bertz CT molecular complexity index is 635. The second-order valence-corrected chi connectivity index (χ2v) is 5.23. The molecule has 8 nitrogen and oxygen atoms in total. The summed E-state index contributed by atoms with van der Waals surface area (Å²) in [5.74, 6) is 1.12. The van der Waals surface area contributed by atoms with Gasteiger partial charge in [0, 0.05) is 23.8 Å². The van der Waals surface area contributed by atoms with Gasteiger partial charge < -0.3 is 20.1 Å². The van der Waals surface area contributed by atoms with E-state index >= 15 is 0 Å². The minimum Gasteiger partial charge on any atom is -0.422 e. The lowest BCUT2D eigenvalue weighted by atomic mass is 10.4. The zero-order chi connectivity index (χ0) is 14.7. The number of hydrogen-bond acceptors (Lipinski definition) is 8. The third-order valence-electron chi connectivity index (χ3n) is 2.80. The monoisotopic (exact) mass is 352 g/mol. The molecule has 21 heavy (non-hydrogen) atoms. The summed E-state index contributed by atoms with van der Waals surface area (Å²) in [6.45, 7) is 2.69. The second-order valence-electron chi connectivity index (χ2n) is 4.32. The van der Waals surface area contributed by atoms with Gasteiger partial charge in [0.2, 0.25) is 11.9 Å². The van der Waals surface area contributed by atoms with Crippen LogP contribution in [0.4, 0.5) is 11.9 Å². The fraction of sp³-hybridized carbons (Fsp3) is 0.333. The number of halogens is 1. The summed E-state index contributed by atoms with van der Waals surface area (Å²) >= 11 is 3.32. The molecule has 110 valence electrons. The van der Waals surface area contributed by atoms with Gasteiger partial charge in [0.15, 0.2) is 5.75 Å². The molecule has 3 rings (SSSR count). The first-order chi connectivity index (χ1) is 10.2. The van der Waals surface area contributed by atoms with Gasteiger partial charge in [-0.2, -0.15) is 15.0 Å². The molecule has 0 aliphatic carbocycles. The van der Waals surface area contributed by atoms with Crippen LogP contribution in [0.5, 0.6) is 11.8 Å². The Morgan fingerprint density at radius 3 is 2.76 bits per heavy atom. The van der Waals surface area contributed by atoms with Crippen LogP contribution in [0.2, 0.25) is 0 Å². The molecule has 9 heteroatoms. The summed E-state index contributed by atoms with van der Waals surface area (Å²) in [4.78, 5) is 18.4. The molecule has 2 N–H and O–H groups in total. The highest BCUT2D eigenvalue weighted by molar-refractivity contribution is 9.10. The number of pyridine rings is 1. The van der Waals surface area contributed by atoms with E-state index in [1.54, 1.807) is 18.5 Å². The molecule has 0 bridgehead atoms. The van der Waals surface area contributed by atoms with E-state index in [9.17, 15) is 0 Å². The molecule has 2 aromatic heterocycles. The van der Waals surface area contributed by atoms with Crippen molar-refractivity contribution >= 4 is 27.8 Å². The van der Waals surface area contributed by atoms with Crippen LogP contribution in [-0.4, -0.2) is 46.2 Å². The van der Waals surface area contributed by atoms with Crippen molar-refractivity contribution in [1.82, 2.24) is 19.9 Å². The number of anilines is 2. The summed E-state index contributed by atoms with van der Waals surface area (Å²) in [5, 5.41) is 0. The van der Waals surface area contributed by atoms with Gasteiger partial charge in [-0.15, -0.1) is 0 Å². The van der Waals surface area contributed by atoms with E-state index in [1.807, 2.05) is 4.90 Å². The van der Waals surface area contributed by atoms with E-state index < -0.39 is 0 Å². The molecule has 3 heterocycles. The van der Waals surface area contributed by atoms with Crippen molar-refractivity contribution in [2.75, 3.05) is 36.9 Å². The van der Waals surface area contributed by atoms with Gasteiger partial charge >= 0.3 is 6.01 Å². The molecule has 2 aromatic rings. The van der Waals surface area contributed by atoms with Crippen LogP contribution < -0.4 is 15.4 Å². The first-order valence-electron chi connectivity index (χ1n) is 6.33. The number of rotatable bonds is 3. The molecule has 1 aliphatic rings. The third-order valence-corrected chi connectivity index (χ3v) is 3.24. The van der Waals surface area contributed by atoms with Gasteiger partial charge in [-0.1, -0.05) is 0 Å². The molecule has 0 unspecified atom stereocenters. The number of ether oxygens (including phenoxy) is 2. The first-order valence-corrected chi connectivity index (χ1v) is 7.13. The zero-order valence-electron chi connectivity index (χ0n) is 11.1. The van der Waals surface area contributed by atoms with Crippen LogP contribution in [-0.2, 0) is 4.74 Å². The van der Waals surface area contributed by atoms with Gasteiger partial charge in [0.1, 0.15) is 0 Å². The van der Waals surface area contributed by atoms with Crippen LogP contribution >= 0.6 is 15.9 Å². The summed E-state index contributed by atoms with van der Waals surface area (Å²) in [6.07, 6.45) is 3.23. The Kier molecular flexibility index (Phi) is 4.11. The zero-order valence-corrected chi connectivity index (χ0v) is 12.7. The van der Waals surface area contributed by atoms with Crippen LogP contribution in [0.3, 0.4) is 0 Å². The number of hydrogen-bond donors (Lipinski definition) is 1. The summed E-state index contributed by atoms with van der Waals surface area (Å²) in [7, 11) is 0. The van der Waals surface area contributed by atoms with Crippen molar-refractivity contribution in [2.24, 2.45) is 0 Å². The number of morpholine rings is 1. The average molecular weight is 353 g/mol. The summed E-state index contributed by atoms with van der Waals surface area (Å²) < 4.78 is 11.7. The quantitative estimate of drug-likeness (QED) is 0.880. The number of nitrogens with zero attached hydrogens (tertiary/aromatic N) is 5. The normalized spacial score (nSPS) is 15.0. The van der Waals surface area contributed by atoms with Crippen LogP contribution in [0.15, 0.2) is 22.9 Å². The van der Waals surface area contributed by atoms with E-state index in [2.05, 4.69) is 35.9 Å².